The van der Waals surface area contributed by atoms with Crippen LogP contribution in [0.2, 0.25) is 5.02 Å². The number of nitrogens with zero attached hydrogens (tertiary/aromatic N) is 3. The van der Waals surface area contributed by atoms with E-state index in [-0.39, 0.29) is 18.0 Å². The third-order valence-corrected chi connectivity index (χ3v) is 6.85. The fourth-order valence-electron chi connectivity index (χ4n) is 4.78. The third-order valence-electron chi connectivity index (χ3n) is 6.57. The molecule has 2 amide bonds. The van der Waals surface area contributed by atoms with Gasteiger partial charge in [-0.05, 0) is 76.8 Å². The molecule has 2 aromatic carbocycles. The predicted molar refractivity (Wildman–Crippen MR) is 156 cm³/mol. The minimum absolute atomic E-state index is 0.000342. The second-order valence-corrected chi connectivity index (χ2v) is 11.3. The smallest absolute Gasteiger partial charge is 0.412 e. The molecule has 4 aromatic rings. The zero-order chi connectivity index (χ0) is 28.3. The molecule has 11 heteroatoms. The van der Waals surface area contributed by atoms with Crippen LogP contribution in [0.15, 0.2) is 54.7 Å². The topological polar surface area (TPSA) is 134 Å². The number of nitrogens with one attached hydrogen (secondary N) is 4. The monoisotopic (exact) mass is 561 g/mol. The van der Waals surface area contributed by atoms with E-state index in [0.29, 0.717) is 33.6 Å². The van der Waals surface area contributed by atoms with E-state index in [1.54, 1.807) is 51.2 Å². The number of rotatable bonds is 6. The number of ether oxygens (including phenoxy) is 1. The molecule has 1 aliphatic carbocycles. The Balaban J connectivity index is 1.19. The van der Waals surface area contributed by atoms with E-state index in [2.05, 4.69) is 36.1 Å². The van der Waals surface area contributed by atoms with Gasteiger partial charge in [0.15, 0.2) is 0 Å². The molecule has 40 heavy (non-hydrogen) atoms. The zero-order valence-electron chi connectivity index (χ0n) is 22.6. The number of aromatic amines is 1. The summed E-state index contributed by atoms with van der Waals surface area (Å²) in [5.41, 5.74) is 2.61. The maximum absolute atomic E-state index is 12.9. The van der Waals surface area contributed by atoms with E-state index in [1.165, 1.54) is 0 Å². The van der Waals surface area contributed by atoms with Crippen molar-refractivity contribution in [3.63, 3.8) is 0 Å². The van der Waals surface area contributed by atoms with Gasteiger partial charge in [0, 0.05) is 28.7 Å². The summed E-state index contributed by atoms with van der Waals surface area (Å²) in [7, 11) is 0. The van der Waals surface area contributed by atoms with E-state index in [0.717, 1.165) is 36.6 Å². The first-order valence-electron chi connectivity index (χ1n) is 13.3. The van der Waals surface area contributed by atoms with Gasteiger partial charge in [0.25, 0.3) is 5.91 Å². The van der Waals surface area contributed by atoms with Crippen LogP contribution in [0.5, 0.6) is 0 Å². The summed E-state index contributed by atoms with van der Waals surface area (Å²) in [5, 5.41) is 18.0. The molecule has 0 spiro atoms. The second-order valence-electron chi connectivity index (χ2n) is 10.9. The quantitative estimate of drug-likeness (QED) is 0.221. The lowest BCUT2D eigenvalue weighted by Gasteiger charge is -2.30. The SMILES string of the molecule is CC(C)(C)OC(=O)Nc1ccc(C(=O)N[C@H]2CCC[C@@H](Nc3ncc(Cl)c(-c4n[nH]c5ccccc45)n3)C2)cc1. The first-order chi connectivity index (χ1) is 19.1. The van der Waals surface area contributed by atoms with Gasteiger partial charge < -0.3 is 15.4 Å². The van der Waals surface area contributed by atoms with Crippen molar-refractivity contribution in [3.05, 3.63) is 65.3 Å². The highest BCUT2D eigenvalue weighted by Gasteiger charge is 2.25. The van der Waals surface area contributed by atoms with Crippen molar-refractivity contribution in [2.75, 3.05) is 10.6 Å². The molecule has 5 rings (SSSR count). The molecule has 208 valence electrons. The Morgan fingerprint density at radius 1 is 1.02 bits per heavy atom. The minimum Gasteiger partial charge on any atom is -0.444 e. The lowest BCUT2D eigenvalue weighted by molar-refractivity contribution is 0.0635. The van der Waals surface area contributed by atoms with Gasteiger partial charge in [0.1, 0.15) is 17.0 Å². The highest BCUT2D eigenvalue weighted by Crippen LogP contribution is 2.31. The van der Waals surface area contributed by atoms with Gasteiger partial charge in [-0.1, -0.05) is 29.8 Å². The molecule has 0 bridgehead atoms. The number of fused-ring (bicyclic) bond motifs is 1. The number of anilines is 2. The summed E-state index contributed by atoms with van der Waals surface area (Å²) in [4.78, 5) is 34.0. The van der Waals surface area contributed by atoms with E-state index in [1.807, 2.05) is 24.3 Å². The molecule has 2 heterocycles. The summed E-state index contributed by atoms with van der Waals surface area (Å²) >= 11 is 6.45. The average molecular weight is 562 g/mol. The van der Waals surface area contributed by atoms with Crippen molar-refractivity contribution in [2.24, 2.45) is 0 Å². The maximum Gasteiger partial charge on any atom is 0.412 e. The number of halogens is 1. The lowest BCUT2D eigenvalue weighted by atomic mass is 9.91. The van der Waals surface area contributed by atoms with Crippen LogP contribution < -0.4 is 16.0 Å². The second kappa shape index (κ2) is 11.5. The normalized spacial score (nSPS) is 17.3. The van der Waals surface area contributed by atoms with E-state index < -0.39 is 11.7 Å². The number of hydrogen-bond donors (Lipinski definition) is 4. The van der Waals surface area contributed by atoms with Crippen LogP contribution in [0, 0.1) is 0 Å². The average Bonchev–Trinajstić information content (AvgIpc) is 3.33. The molecule has 0 unspecified atom stereocenters. The van der Waals surface area contributed by atoms with Crippen molar-refractivity contribution < 1.29 is 14.3 Å². The van der Waals surface area contributed by atoms with Crippen molar-refractivity contribution in [2.45, 2.75) is 64.1 Å². The van der Waals surface area contributed by atoms with Crippen LogP contribution in [0.4, 0.5) is 16.4 Å². The van der Waals surface area contributed by atoms with Crippen LogP contribution in [-0.4, -0.2) is 49.9 Å². The Morgan fingerprint density at radius 3 is 2.55 bits per heavy atom. The van der Waals surface area contributed by atoms with E-state index in [4.69, 9.17) is 16.3 Å². The standard InChI is InChI=1S/C29H32ClN7O3/c1-29(2,3)40-28(39)34-18-13-11-17(12-14-18)26(38)32-19-7-6-8-20(15-19)33-27-31-16-22(30)25(35-27)24-21-9-4-5-10-23(21)36-37-24/h4-5,9-14,16,19-20H,6-8,15H2,1-3H3,(H,32,38)(H,34,39)(H,36,37)(H,31,33,35)/t19-,20+/m0/s1. The van der Waals surface area contributed by atoms with Gasteiger partial charge in [-0.2, -0.15) is 5.10 Å². The van der Waals surface area contributed by atoms with Gasteiger partial charge in [0.2, 0.25) is 5.95 Å². The molecule has 1 saturated carbocycles. The van der Waals surface area contributed by atoms with Gasteiger partial charge in [0.05, 0.1) is 16.7 Å². The summed E-state index contributed by atoms with van der Waals surface area (Å²) < 4.78 is 5.27. The molecule has 1 fully saturated rings. The molecule has 10 nitrogen and oxygen atoms in total. The highest BCUT2D eigenvalue weighted by atomic mass is 35.5. The van der Waals surface area contributed by atoms with Gasteiger partial charge in [-0.3, -0.25) is 15.2 Å². The maximum atomic E-state index is 12.9. The number of benzene rings is 2. The van der Waals surface area contributed by atoms with Crippen molar-refractivity contribution in [1.82, 2.24) is 25.5 Å². The van der Waals surface area contributed by atoms with E-state index >= 15 is 0 Å². The Labute approximate surface area is 237 Å². The van der Waals surface area contributed by atoms with Gasteiger partial charge in [-0.25, -0.2) is 14.8 Å². The fourth-order valence-corrected chi connectivity index (χ4v) is 4.96. The predicted octanol–water partition coefficient (Wildman–Crippen LogP) is 6.17. The zero-order valence-corrected chi connectivity index (χ0v) is 23.4. The van der Waals surface area contributed by atoms with Crippen molar-refractivity contribution in [1.29, 1.82) is 0 Å². The number of H-pyrrole nitrogens is 1. The molecular weight excluding hydrogens is 530 g/mol. The first-order valence-corrected chi connectivity index (χ1v) is 13.7. The van der Waals surface area contributed by atoms with Gasteiger partial charge in [-0.15, -0.1) is 0 Å². The number of aromatic nitrogens is 4. The van der Waals surface area contributed by atoms with Crippen LogP contribution in [0.25, 0.3) is 22.3 Å². The first kappa shape index (κ1) is 27.4. The van der Waals surface area contributed by atoms with E-state index in [9.17, 15) is 9.59 Å². The van der Waals surface area contributed by atoms with Crippen molar-refractivity contribution in [3.8, 4) is 11.4 Å². The molecule has 2 aromatic heterocycles. The summed E-state index contributed by atoms with van der Waals surface area (Å²) in [6.07, 6.45) is 4.54. The Bertz CT molecular complexity index is 1510. The number of hydrogen-bond acceptors (Lipinski definition) is 7. The Morgan fingerprint density at radius 2 is 1.77 bits per heavy atom. The minimum atomic E-state index is -0.590. The summed E-state index contributed by atoms with van der Waals surface area (Å²) in [5.74, 6) is 0.307. The molecule has 0 aliphatic heterocycles. The number of carbonyl (C=O) groups excluding carboxylic acids is 2. The molecule has 2 atom stereocenters. The number of carbonyl (C=O) groups is 2. The van der Waals surface area contributed by atoms with Crippen LogP contribution in [-0.2, 0) is 4.74 Å². The van der Waals surface area contributed by atoms with Crippen LogP contribution >= 0.6 is 11.6 Å². The lowest BCUT2D eigenvalue weighted by Crippen LogP contribution is -2.42. The van der Waals surface area contributed by atoms with Gasteiger partial charge >= 0.3 is 6.09 Å². The third kappa shape index (κ3) is 6.69. The molecule has 0 radical (unpaired) electrons. The largest absolute Gasteiger partial charge is 0.444 e. The van der Waals surface area contributed by atoms with Crippen LogP contribution in [0.3, 0.4) is 0 Å². The molecule has 4 N–H and O–H groups in total. The number of amides is 2. The Hall–Kier alpha value is -4.18. The molecule has 0 saturated heterocycles. The van der Waals surface area contributed by atoms with Crippen molar-refractivity contribution >= 4 is 46.1 Å². The molecule has 1 aliphatic rings. The number of para-hydroxylation sites is 1. The summed E-state index contributed by atoms with van der Waals surface area (Å²) in [6.45, 7) is 5.40. The van der Waals surface area contributed by atoms with Crippen LogP contribution in [0.1, 0.15) is 56.8 Å². The summed E-state index contributed by atoms with van der Waals surface area (Å²) in [6, 6.07) is 14.6. The fraction of sp³-hybridized carbons (Fsp3) is 0.345. The Kier molecular flexibility index (Phi) is 7.88. The molecular formula is C29H32ClN7O3. The highest BCUT2D eigenvalue weighted by molar-refractivity contribution is 6.33.